The van der Waals surface area contributed by atoms with Gasteiger partial charge in [-0.25, -0.2) is 4.39 Å². The van der Waals surface area contributed by atoms with Gasteiger partial charge in [0.2, 0.25) is 0 Å². The SMILES string of the molecule is COc1ccc(Cc2cn([C@@H]3O[C@H](CO)[C@@H](O)[C@H](O)[C@H]3O)c3cc(Cl)ccc23)c(F)c1. The molecule has 2 aromatic carbocycles. The summed E-state index contributed by atoms with van der Waals surface area (Å²) in [6.45, 7) is -0.536. The van der Waals surface area contributed by atoms with Crippen LogP contribution >= 0.6 is 11.6 Å². The van der Waals surface area contributed by atoms with Gasteiger partial charge < -0.3 is 34.5 Å². The standard InChI is InChI=1S/C22H23ClFNO6/c1-30-14-4-2-11(16(24)8-14)6-12-9-25(17-7-13(23)3-5-15(12)17)22-21(29)20(28)19(27)18(10-26)31-22/h2-5,7-9,18-22,26-29H,6,10H2,1H3/t18-,19-,20+,21-,22-/m1/s1. The summed E-state index contributed by atoms with van der Waals surface area (Å²) >= 11 is 6.18. The molecule has 1 fully saturated rings. The number of fused-ring (bicyclic) bond motifs is 1. The molecule has 0 aliphatic carbocycles. The summed E-state index contributed by atoms with van der Waals surface area (Å²) < 4.78 is 26.9. The molecule has 2 heterocycles. The van der Waals surface area contributed by atoms with Crippen molar-refractivity contribution < 1.29 is 34.3 Å². The lowest BCUT2D eigenvalue weighted by Gasteiger charge is -2.40. The number of aromatic nitrogens is 1. The average Bonchev–Trinajstić information content (AvgIpc) is 3.11. The van der Waals surface area contributed by atoms with E-state index in [0.717, 1.165) is 10.9 Å². The third-order valence-corrected chi connectivity index (χ3v) is 5.90. The molecule has 0 bridgehead atoms. The van der Waals surface area contributed by atoms with Crippen molar-refractivity contribution in [2.45, 2.75) is 37.1 Å². The molecule has 31 heavy (non-hydrogen) atoms. The number of hydrogen-bond donors (Lipinski definition) is 4. The fraction of sp³-hybridized carbons (Fsp3) is 0.364. The molecule has 0 saturated carbocycles. The van der Waals surface area contributed by atoms with Gasteiger partial charge in [-0.2, -0.15) is 0 Å². The summed E-state index contributed by atoms with van der Waals surface area (Å²) in [7, 11) is 1.46. The maximum absolute atomic E-state index is 14.5. The van der Waals surface area contributed by atoms with Crippen molar-refractivity contribution in [3.8, 4) is 5.75 Å². The number of nitrogens with zero attached hydrogens (tertiary/aromatic N) is 1. The molecular formula is C22H23ClFNO6. The van der Waals surface area contributed by atoms with Gasteiger partial charge in [-0.3, -0.25) is 0 Å². The minimum Gasteiger partial charge on any atom is -0.497 e. The van der Waals surface area contributed by atoms with Crippen LogP contribution < -0.4 is 4.74 Å². The normalized spacial score (nSPS) is 26.4. The summed E-state index contributed by atoms with van der Waals surface area (Å²) in [4.78, 5) is 0. The zero-order valence-electron chi connectivity index (χ0n) is 16.7. The topological polar surface area (TPSA) is 104 Å². The van der Waals surface area contributed by atoms with Crippen LogP contribution in [0.1, 0.15) is 17.4 Å². The van der Waals surface area contributed by atoms with Gasteiger partial charge in [-0.05, 0) is 29.3 Å². The van der Waals surface area contributed by atoms with Crippen molar-refractivity contribution in [3.05, 3.63) is 64.6 Å². The van der Waals surface area contributed by atoms with Gasteiger partial charge in [0.25, 0.3) is 0 Å². The van der Waals surface area contributed by atoms with Gasteiger partial charge in [0.1, 0.15) is 36.0 Å². The Hall–Kier alpha value is -2.20. The quantitative estimate of drug-likeness (QED) is 0.473. The summed E-state index contributed by atoms with van der Waals surface area (Å²) in [5, 5.41) is 41.5. The molecule has 1 aromatic heterocycles. The minimum absolute atomic E-state index is 0.248. The van der Waals surface area contributed by atoms with E-state index < -0.39 is 43.1 Å². The second kappa shape index (κ2) is 8.74. The molecule has 4 rings (SSSR count). The van der Waals surface area contributed by atoms with Gasteiger partial charge in [-0.15, -0.1) is 0 Å². The average molecular weight is 452 g/mol. The molecule has 9 heteroatoms. The van der Waals surface area contributed by atoms with Crippen LogP contribution in [0, 0.1) is 5.82 Å². The van der Waals surface area contributed by atoms with E-state index in [1.54, 1.807) is 41.1 Å². The van der Waals surface area contributed by atoms with Gasteiger partial charge in [0, 0.05) is 29.1 Å². The van der Waals surface area contributed by atoms with Gasteiger partial charge in [0.05, 0.1) is 19.2 Å². The Balaban J connectivity index is 1.78. The zero-order valence-corrected chi connectivity index (χ0v) is 17.4. The Morgan fingerprint density at radius 3 is 2.52 bits per heavy atom. The first-order valence-electron chi connectivity index (χ1n) is 9.76. The first-order chi connectivity index (χ1) is 14.8. The van der Waals surface area contributed by atoms with E-state index in [4.69, 9.17) is 21.1 Å². The van der Waals surface area contributed by atoms with Crippen molar-refractivity contribution in [3.63, 3.8) is 0 Å². The van der Waals surface area contributed by atoms with Crippen molar-refractivity contribution in [1.82, 2.24) is 4.57 Å². The third kappa shape index (κ3) is 4.03. The number of benzene rings is 2. The van der Waals surface area contributed by atoms with Crippen LogP contribution in [-0.4, -0.2) is 63.1 Å². The maximum atomic E-state index is 14.5. The number of ether oxygens (including phenoxy) is 2. The monoisotopic (exact) mass is 451 g/mol. The molecule has 0 spiro atoms. The van der Waals surface area contributed by atoms with E-state index in [1.807, 2.05) is 0 Å². The fourth-order valence-electron chi connectivity index (χ4n) is 3.96. The van der Waals surface area contributed by atoms with E-state index >= 15 is 0 Å². The smallest absolute Gasteiger partial charge is 0.163 e. The molecule has 0 radical (unpaired) electrons. The summed E-state index contributed by atoms with van der Waals surface area (Å²) in [5.41, 5.74) is 1.79. The van der Waals surface area contributed by atoms with Gasteiger partial charge >= 0.3 is 0 Å². The largest absolute Gasteiger partial charge is 0.497 e. The molecule has 0 unspecified atom stereocenters. The predicted octanol–water partition coefficient (Wildman–Crippen LogP) is 2.01. The molecule has 166 valence electrons. The van der Waals surface area contributed by atoms with E-state index in [0.29, 0.717) is 21.9 Å². The van der Waals surface area contributed by atoms with E-state index in [1.165, 1.54) is 13.2 Å². The summed E-state index contributed by atoms with van der Waals surface area (Å²) in [5.74, 6) is -0.00108. The first-order valence-corrected chi connectivity index (χ1v) is 10.1. The fourth-order valence-corrected chi connectivity index (χ4v) is 4.13. The number of aliphatic hydroxyl groups excluding tert-OH is 4. The van der Waals surface area contributed by atoms with Crippen molar-refractivity contribution >= 4 is 22.5 Å². The number of halogens is 2. The van der Waals surface area contributed by atoms with Gasteiger partial charge in [0.15, 0.2) is 6.23 Å². The molecule has 1 aliphatic heterocycles. The highest BCUT2D eigenvalue weighted by Crippen LogP contribution is 2.35. The molecule has 4 N–H and O–H groups in total. The molecule has 3 aromatic rings. The predicted molar refractivity (Wildman–Crippen MR) is 112 cm³/mol. The molecule has 7 nitrogen and oxygen atoms in total. The lowest BCUT2D eigenvalue weighted by atomic mass is 9.98. The van der Waals surface area contributed by atoms with Crippen LogP contribution in [0.4, 0.5) is 4.39 Å². The Bertz CT molecular complexity index is 1090. The first kappa shape index (κ1) is 22.0. The molecule has 5 atom stereocenters. The highest BCUT2D eigenvalue weighted by molar-refractivity contribution is 6.31. The number of methoxy groups -OCH3 is 1. The van der Waals surface area contributed by atoms with Crippen molar-refractivity contribution in [1.29, 1.82) is 0 Å². The van der Waals surface area contributed by atoms with Crippen LogP contribution in [0.3, 0.4) is 0 Å². The lowest BCUT2D eigenvalue weighted by Crippen LogP contribution is -2.56. The van der Waals surface area contributed by atoms with Crippen LogP contribution in [0.15, 0.2) is 42.6 Å². The maximum Gasteiger partial charge on any atom is 0.163 e. The zero-order chi connectivity index (χ0) is 22.3. The Morgan fingerprint density at radius 2 is 1.84 bits per heavy atom. The van der Waals surface area contributed by atoms with Crippen LogP contribution in [0.2, 0.25) is 5.02 Å². The lowest BCUT2D eigenvalue weighted by molar-refractivity contribution is -0.250. The highest BCUT2D eigenvalue weighted by Gasteiger charge is 2.44. The molecular weight excluding hydrogens is 429 g/mol. The number of hydrogen-bond acceptors (Lipinski definition) is 6. The number of rotatable bonds is 5. The Morgan fingerprint density at radius 1 is 1.06 bits per heavy atom. The highest BCUT2D eigenvalue weighted by atomic mass is 35.5. The molecule has 1 saturated heterocycles. The summed E-state index contributed by atoms with van der Waals surface area (Å²) in [6, 6.07) is 9.78. The number of aliphatic hydroxyl groups is 4. The second-order valence-electron chi connectivity index (χ2n) is 7.58. The Labute approximate surface area is 182 Å². The van der Waals surface area contributed by atoms with Crippen LogP contribution in [-0.2, 0) is 11.2 Å². The van der Waals surface area contributed by atoms with Gasteiger partial charge in [-0.1, -0.05) is 23.7 Å². The summed E-state index contributed by atoms with van der Waals surface area (Å²) in [6.07, 6.45) is -4.65. The minimum atomic E-state index is -1.52. The molecule has 1 aliphatic rings. The second-order valence-corrected chi connectivity index (χ2v) is 8.01. The van der Waals surface area contributed by atoms with E-state index in [9.17, 15) is 24.8 Å². The van der Waals surface area contributed by atoms with Crippen LogP contribution in [0.5, 0.6) is 5.75 Å². The molecule has 0 amide bonds. The van der Waals surface area contributed by atoms with E-state index in [2.05, 4.69) is 0 Å². The van der Waals surface area contributed by atoms with Crippen molar-refractivity contribution in [2.24, 2.45) is 0 Å². The Kier molecular flexibility index (Phi) is 6.20. The van der Waals surface area contributed by atoms with Crippen LogP contribution in [0.25, 0.3) is 10.9 Å². The van der Waals surface area contributed by atoms with Crippen molar-refractivity contribution in [2.75, 3.05) is 13.7 Å². The van der Waals surface area contributed by atoms with E-state index in [-0.39, 0.29) is 6.42 Å². The third-order valence-electron chi connectivity index (χ3n) is 5.66.